The van der Waals surface area contributed by atoms with Gasteiger partial charge in [0.05, 0.1) is 15.9 Å². The van der Waals surface area contributed by atoms with Crippen molar-refractivity contribution in [1.29, 1.82) is 0 Å². The van der Waals surface area contributed by atoms with Crippen LogP contribution in [0.3, 0.4) is 0 Å². The molecule has 0 saturated carbocycles. The number of carbonyl (C=O) groups is 1. The monoisotopic (exact) mass is 296 g/mol. The zero-order chi connectivity index (χ0) is 14.8. The standard InChI is InChI=1S/C13H16N2O4S/c1-20(18,19)9-6-7-10-11(8-9)15-12(14-10)4-2-3-5-13(16)17/h6-8H,2-5H2,1H3,(H,14,15)(H,16,17). The number of imidazole rings is 1. The van der Waals surface area contributed by atoms with Crippen LogP contribution in [0.2, 0.25) is 0 Å². The summed E-state index contributed by atoms with van der Waals surface area (Å²) >= 11 is 0. The summed E-state index contributed by atoms with van der Waals surface area (Å²) in [6.45, 7) is 0. The van der Waals surface area contributed by atoms with Crippen LogP contribution in [-0.4, -0.2) is 35.7 Å². The normalized spacial score (nSPS) is 11.8. The third-order valence-corrected chi connectivity index (χ3v) is 4.10. The molecule has 0 aliphatic rings. The third kappa shape index (κ3) is 3.57. The number of hydrogen-bond acceptors (Lipinski definition) is 4. The average molecular weight is 296 g/mol. The molecule has 2 rings (SSSR count). The molecule has 6 nitrogen and oxygen atoms in total. The summed E-state index contributed by atoms with van der Waals surface area (Å²) < 4.78 is 22.9. The summed E-state index contributed by atoms with van der Waals surface area (Å²) in [4.78, 5) is 18.1. The number of H-pyrrole nitrogens is 1. The number of nitrogens with zero attached hydrogens (tertiary/aromatic N) is 1. The van der Waals surface area contributed by atoms with Crippen LogP contribution in [0, 0.1) is 0 Å². The topological polar surface area (TPSA) is 100 Å². The van der Waals surface area contributed by atoms with E-state index in [0.717, 1.165) is 18.5 Å². The Morgan fingerprint density at radius 2 is 2.10 bits per heavy atom. The molecule has 0 unspecified atom stereocenters. The summed E-state index contributed by atoms with van der Waals surface area (Å²) in [5, 5.41) is 8.55. The number of aromatic amines is 1. The number of nitrogens with one attached hydrogen (secondary N) is 1. The number of aryl methyl sites for hydroxylation is 1. The Morgan fingerprint density at radius 1 is 1.35 bits per heavy atom. The van der Waals surface area contributed by atoms with E-state index < -0.39 is 15.8 Å². The highest BCUT2D eigenvalue weighted by Gasteiger charge is 2.10. The Hall–Kier alpha value is -1.89. The molecule has 108 valence electrons. The molecule has 0 radical (unpaired) electrons. The maximum Gasteiger partial charge on any atom is 0.303 e. The first-order valence-electron chi connectivity index (χ1n) is 6.27. The van der Waals surface area contributed by atoms with Gasteiger partial charge in [0, 0.05) is 19.1 Å². The second-order valence-electron chi connectivity index (χ2n) is 4.74. The van der Waals surface area contributed by atoms with E-state index in [4.69, 9.17) is 5.11 Å². The zero-order valence-electron chi connectivity index (χ0n) is 11.1. The molecule has 0 amide bonds. The quantitative estimate of drug-likeness (QED) is 0.791. The van der Waals surface area contributed by atoms with Gasteiger partial charge < -0.3 is 10.1 Å². The Morgan fingerprint density at radius 3 is 2.75 bits per heavy atom. The molecule has 0 bridgehead atoms. The molecule has 0 aliphatic carbocycles. The maximum atomic E-state index is 11.5. The highest BCUT2D eigenvalue weighted by atomic mass is 32.2. The lowest BCUT2D eigenvalue weighted by molar-refractivity contribution is -0.137. The van der Waals surface area contributed by atoms with E-state index in [9.17, 15) is 13.2 Å². The van der Waals surface area contributed by atoms with Crippen molar-refractivity contribution in [1.82, 2.24) is 9.97 Å². The van der Waals surface area contributed by atoms with Crippen LogP contribution < -0.4 is 0 Å². The molecule has 7 heteroatoms. The fourth-order valence-corrected chi connectivity index (χ4v) is 2.61. The first-order valence-corrected chi connectivity index (χ1v) is 8.16. The second-order valence-corrected chi connectivity index (χ2v) is 6.75. The molecule has 0 saturated heterocycles. The molecule has 0 atom stereocenters. The minimum absolute atomic E-state index is 0.151. The zero-order valence-corrected chi connectivity index (χ0v) is 11.9. The predicted octanol–water partition coefficient (Wildman–Crippen LogP) is 1.76. The molecule has 0 spiro atoms. The van der Waals surface area contributed by atoms with Crippen LogP contribution in [0.5, 0.6) is 0 Å². The van der Waals surface area contributed by atoms with Gasteiger partial charge in [0.1, 0.15) is 5.82 Å². The molecular formula is C13H16N2O4S. The highest BCUT2D eigenvalue weighted by Crippen LogP contribution is 2.18. The van der Waals surface area contributed by atoms with Crippen molar-refractivity contribution in [3.63, 3.8) is 0 Å². The van der Waals surface area contributed by atoms with Crippen molar-refractivity contribution in [2.45, 2.75) is 30.6 Å². The van der Waals surface area contributed by atoms with Crippen LogP contribution in [0.15, 0.2) is 23.1 Å². The lowest BCUT2D eigenvalue weighted by atomic mass is 10.2. The van der Waals surface area contributed by atoms with Gasteiger partial charge in [-0.05, 0) is 31.0 Å². The number of hydrogen-bond donors (Lipinski definition) is 2. The Labute approximate surface area is 116 Å². The SMILES string of the molecule is CS(=O)(=O)c1ccc2nc(CCCCC(=O)O)[nH]c2c1. The van der Waals surface area contributed by atoms with Crippen molar-refractivity contribution >= 4 is 26.8 Å². The second kappa shape index (κ2) is 5.62. The van der Waals surface area contributed by atoms with Gasteiger partial charge >= 0.3 is 5.97 Å². The van der Waals surface area contributed by atoms with Gasteiger partial charge in [-0.3, -0.25) is 4.79 Å². The summed E-state index contributed by atoms with van der Waals surface area (Å²) in [6.07, 6.45) is 3.29. The number of rotatable bonds is 6. The van der Waals surface area contributed by atoms with Crippen molar-refractivity contribution in [3.8, 4) is 0 Å². The maximum absolute atomic E-state index is 11.5. The van der Waals surface area contributed by atoms with E-state index in [-0.39, 0.29) is 11.3 Å². The van der Waals surface area contributed by atoms with Gasteiger partial charge in [0.15, 0.2) is 9.84 Å². The van der Waals surface area contributed by atoms with Crippen LogP contribution >= 0.6 is 0 Å². The number of sulfone groups is 1. The third-order valence-electron chi connectivity index (χ3n) is 2.98. The fraction of sp³-hybridized carbons (Fsp3) is 0.385. The van der Waals surface area contributed by atoms with Gasteiger partial charge in [0.2, 0.25) is 0 Å². The number of unbranched alkanes of at least 4 members (excludes halogenated alkanes) is 1. The van der Waals surface area contributed by atoms with Crippen LogP contribution in [0.25, 0.3) is 11.0 Å². The van der Waals surface area contributed by atoms with Crippen LogP contribution in [0.1, 0.15) is 25.1 Å². The molecule has 1 heterocycles. The molecule has 20 heavy (non-hydrogen) atoms. The number of fused-ring (bicyclic) bond motifs is 1. The Bertz CT molecular complexity index is 734. The average Bonchev–Trinajstić information content (AvgIpc) is 2.74. The largest absolute Gasteiger partial charge is 0.481 e. The van der Waals surface area contributed by atoms with E-state index in [1.807, 2.05) is 0 Å². The minimum Gasteiger partial charge on any atom is -0.481 e. The van der Waals surface area contributed by atoms with E-state index in [1.54, 1.807) is 12.1 Å². The molecule has 2 N–H and O–H groups in total. The van der Waals surface area contributed by atoms with Crippen molar-refractivity contribution in [3.05, 3.63) is 24.0 Å². The lowest BCUT2D eigenvalue weighted by Gasteiger charge is -1.96. The molecule has 2 aromatic rings. The summed E-state index contributed by atoms with van der Waals surface area (Å²) in [5.41, 5.74) is 1.40. The molecule has 1 aromatic carbocycles. The van der Waals surface area contributed by atoms with Crippen LogP contribution in [0.4, 0.5) is 0 Å². The fourth-order valence-electron chi connectivity index (χ4n) is 1.96. The number of carboxylic acids is 1. The summed E-state index contributed by atoms with van der Waals surface area (Å²) in [6, 6.07) is 4.77. The molecule has 0 fully saturated rings. The molecule has 0 aliphatic heterocycles. The summed E-state index contributed by atoms with van der Waals surface area (Å²) in [5.74, 6) is -0.0524. The first-order chi connectivity index (χ1) is 9.36. The Balaban J connectivity index is 2.11. The van der Waals surface area contributed by atoms with Crippen molar-refractivity contribution < 1.29 is 18.3 Å². The van der Waals surface area contributed by atoms with Gasteiger partial charge in [-0.1, -0.05) is 0 Å². The predicted molar refractivity (Wildman–Crippen MR) is 74.4 cm³/mol. The van der Waals surface area contributed by atoms with Gasteiger partial charge in [0.25, 0.3) is 0 Å². The van der Waals surface area contributed by atoms with Crippen molar-refractivity contribution in [2.24, 2.45) is 0 Å². The van der Waals surface area contributed by atoms with E-state index >= 15 is 0 Å². The van der Waals surface area contributed by atoms with E-state index in [2.05, 4.69) is 9.97 Å². The smallest absolute Gasteiger partial charge is 0.303 e. The number of aromatic nitrogens is 2. The molecular weight excluding hydrogens is 280 g/mol. The minimum atomic E-state index is -3.23. The van der Waals surface area contributed by atoms with E-state index in [0.29, 0.717) is 23.9 Å². The molecule has 1 aromatic heterocycles. The number of carboxylic acid groups (broad SMARTS) is 1. The van der Waals surface area contributed by atoms with Gasteiger partial charge in [-0.15, -0.1) is 0 Å². The summed E-state index contributed by atoms with van der Waals surface area (Å²) in [7, 11) is -3.23. The van der Waals surface area contributed by atoms with Gasteiger partial charge in [-0.2, -0.15) is 0 Å². The number of aliphatic carboxylic acids is 1. The first kappa shape index (κ1) is 14.5. The van der Waals surface area contributed by atoms with Crippen LogP contribution in [-0.2, 0) is 21.1 Å². The number of benzene rings is 1. The lowest BCUT2D eigenvalue weighted by Crippen LogP contribution is -1.96. The van der Waals surface area contributed by atoms with E-state index in [1.165, 1.54) is 6.07 Å². The van der Waals surface area contributed by atoms with Gasteiger partial charge in [-0.25, -0.2) is 13.4 Å². The highest BCUT2D eigenvalue weighted by molar-refractivity contribution is 7.90. The van der Waals surface area contributed by atoms with Crippen molar-refractivity contribution in [2.75, 3.05) is 6.26 Å². The Kier molecular flexibility index (Phi) is 4.08.